The molecule has 18 heavy (non-hydrogen) atoms. The van der Waals surface area contributed by atoms with Crippen LogP contribution in [-0.2, 0) is 10.0 Å². The predicted octanol–water partition coefficient (Wildman–Crippen LogP) is 0.958. The highest BCUT2D eigenvalue weighted by atomic mass is 32.2. The van der Waals surface area contributed by atoms with Gasteiger partial charge in [0.15, 0.2) is 0 Å². The zero-order chi connectivity index (χ0) is 13.6. The van der Waals surface area contributed by atoms with E-state index in [9.17, 15) is 8.42 Å². The lowest BCUT2D eigenvalue weighted by molar-refractivity contribution is 0.358. The minimum atomic E-state index is -3.39. The maximum Gasteiger partial charge on any atom is 0.240 e. The first-order valence-electron chi connectivity index (χ1n) is 5.95. The van der Waals surface area contributed by atoms with E-state index in [0.29, 0.717) is 18.0 Å². The smallest absolute Gasteiger partial charge is 0.240 e. The van der Waals surface area contributed by atoms with Crippen LogP contribution in [0.15, 0.2) is 29.2 Å². The second-order valence-corrected chi connectivity index (χ2v) is 5.84. The van der Waals surface area contributed by atoms with Crippen LogP contribution >= 0.6 is 0 Å². The number of anilines is 1. The summed E-state index contributed by atoms with van der Waals surface area (Å²) in [7, 11) is 0.355. The molecule has 2 N–H and O–H groups in total. The lowest BCUT2D eigenvalue weighted by Gasteiger charge is -2.14. The van der Waals surface area contributed by atoms with Crippen LogP contribution in [0.25, 0.3) is 0 Å². The largest absolute Gasteiger partial charge is 0.388 e. The Morgan fingerprint density at radius 2 is 1.83 bits per heavy atom. The van der Waals surface area contributed by atoms with Gasteiger partial charge in [0.1, 0.15) is 0 Å². The fourth-order valence-corrected chi connectivity index (χ4v) is 2.43. The van der Waals surface area contributed by atoms with E-state index in [4.69, 9.17) is 0 Å². The summed E-state index contributed by atoms with van der Waals surface area (Å²) < 4.78 is 26.5. The Morgan fingerprint density at radius 1 is 1.22 bits per heavy atom. The molecule has 0 saturated carbocycles. The van der Waals surface area contributed by atoms with Gasteiger partial charge in [-0.05, 0) is 37.9 Å². The summed E-state index contributed by atoms with van der Waals surface area (Å²) in [4.78, 5) is 2.34. The molecule has 1 aromatic carbocycles. The molecule has 0 atom stereocenters. The van der Waals surface area contributed by atoms with Crippen molar-refractivity contribution in [2.75, 3.05) is 39.0 Å². The average molecular weight is 271 g/mol. The molecule has 0 heterocycles. The van der Waals surface area contributed by atoms with E-state index >= 15 is 0 Å². The molecule has 0 radical (unpaired) electrons. The minimum absolute atomic E-state index is 0.292. The van der Waals surface area contributed by atoms with E-state index in [2.05, 4.69) is 10.0 Å². The summed E-state index contributed by atoms with van der Waals surface area (Å²) in [6, 6.07) is 6.68. The van der Waals surface area contributed by atoms with Crippen molar-refractivity contribution in [2.24, 2.45) is 0 Å². The van der Waals surface area contributed by atoms with Crippen molar-refractivity contribution in [1.82, 2.24) is 9.62 Å². The van der Waals surface area contributed by atoms with Gasteiger partial charge in [-0.15, -0.1) is 0 Å². The summed E-state index contributed by atoms with van der Waals surface area (Å²) in [5.74, 6) is 0. The third-order valence-corrected chi connectivity index (χ3v) is 4.26. The highest BCUT2D eigenvalue weighted by Crippen LogP contribution is 2.12. The van der Waals surface area contributed by atoms with Crippen LogP contribution in [0.5, 0.6) is 0 Å². The molecule has 1 rings (SSSR count). The van der Waals surface area contributed by atoms with Crippen LogP contribution in [0.1, 0.15) is 6.92 Å². The normalized spacial score (nSPS) is 11.8. The third-order valence-electron chi connectivity index (χ3n) is 2.78. The highest BCUT2D eigenvalue weighted by Gasteiger charge is 2.12. The summed E-state index contributed by atoms with van der Waals surface area (Å²) in [5, 5.41) is 2.95. The van der Waals surface area contributed by atoms with Crippen LogP contribution in [0, 0.1) is 0 Å². The number of benzene rings is 1. The molecule has 102 valence electrons. The predicted molar refractivity (Wildman–Crippen MR) is 74.3 cm³/mol. The Bertz CT molecular complexity index is 457. The maximum atomic E-state index is 12.0. The van der Waals surface area contributed by atoms with Gasteiger partial charge in [0, 0.05) is 25.8 Å². The van der Waals surface area contributed by atoms with Crippen LogP contribution in [0.2, 0.25) is 0 Å². The standard InChI is InChI=1S/C12H21N3O2S/c1-4-15(3)10-9-14-18(16,17)12-7-5-11(13-2)6-8-12/h5-8,13-14H,4,9-10H2,1-3H3. The molecular formula is C12H21N3O2S. The second-order valence-electron chi connectivity index (χ2n) is 4.07. The molecule has 0 spiro atoms. The van der Waals surface area contributed by atoms with Crippen LogP contribution in [0.4, 0.5) is 5.69 Å². The summed E-state index contributed by atoms with van der Waals surface area (Å²) in [6.07, 6.45) is 0. The van der Waals surface area contributed by atoms with Crippen LogP contribution in [-0.4, -0.2) is 47.0 Å². The Morgan fingerprint density at radius 3 is 2.33 bits per heavy atom. The third kappa shape index (κ3) is 4.29. The van der Waals surface area contributed by atoms with Gasteiger partial charge in [0.05, 0.1) is 4.90 Å². The first-order chi connectivity index (χ1) is 8.49. The lowest BCUT2D eigenvalue weighted by Crippen LogP contribution is -2.32. The van der Waals surface area contributed by atoms with E-state index in [1.54, 1.807) is 31.3 Å². The van der Waals surface area contributed by atoms with Crippen LogP contribution in [0.3, 0.4) is 0 Å². The lowest BCUT2D eigenvalue weighted by atomic mass is 10.3. The SMILES string of the molecule is CCN(C)CCNS(=O)(=O)c1ccc(NC)cc1. The monoisotopic (exact) mass is 271 g/mol. The molecule has 0 aliphatic rings. The van der Waals surface area contributed by atoms with Gasteiger partial charge in [0.25, 0.3) is 0 Å². The molecule has 0 saturated heterocycles. The fourth-order valence-electron chi connectivity index (χ4n) is 1.41. The number of hydrogen-bond donors (Lipinski definition) is 2. The first-order valence-corrected chi connectivity index (χ1v) is 7.44. The molecule has 0 aliphatic heterocycles. The number of rotatable bonds is 7. The fraction of sp³-hybridized carbons (Fsp3) is 0.500. The average Bonchev–Trinajstić information content (AvgIpc) is 2.38. The Labute approximate surface area is 109 Å². The van der Waals surface area contributed by atoms with E-state index in [1.165, 1.54) is 0 Å². The molecule has 0 bridgehead atoms. The molecule has 0 aromatic heterocycles. The van der Waals surface area contributed by atoms with E-state index in [0.717, 1.165) is 12.2 Å². The number of nitrogens with one attached hydrogen (secondary N) is 2. The van der Waals surface area contributed by atoms with Gasteiger partial charge in [-0.25, -0.2) is 13.1 Å². The van der Waals surface area contributed by atoms with Gasteiger partial charge in [-0.1, -0.05) is 6.92 Å². The summed E-state index contributed by atoms with van der Waals surface area (Å²) in [5.41, 5.74) is 0.889. The van der Waals surface area contributed by atoms with Crippen molar-refractivity contribution in [1.29, 1.82) is 0 Å². The maximum absolute atomic E-state index is 12.0. The number of hydrogen-bond acceptors (Lipinski definition) is 4. The zero-order valence-electron chi connectivity index (χ0n) is 11.1. The van der Waals surface area contributed by atoms with Gasteiger partial charge in [-0.2, -0.15) is 0 Å². The minimum Gasteiger partial charge on any atom is -0.388 e. The quantitative estimate of drug-likeness (QED) is 0.775. The number of likely N-dealkylation sites (N-methyl/N-ethyl adjacent to an activating group) is 1. The zero-order valence-corrected chi connectivity index (χ0v) is 11.9. The van der Waals surface area contributed by atoms with Crippen molar-refractivity contribution in [3.63, 3.8) is 0 Å². The van der Waals surface area contributed by atoms with Gasteiger partial charge >= 0.3 is 0 Å². The van der Waals surface area contributed by atoms with E-state index in [-0.39, 0.29) is 0 Å². The number of sulfonamides is 1. The van der Waals surface area contributed by atoms with E-state index < -0.39 is 10.0 Å². The van der Waals surface area contributed by atoms with Gasteiger partial charge < -0.3 is 10.2 Å². The topological polar surface area (TPSA) is 61.4 Å². The molecule has 0 aliphatic carbocycles. The second kappa shape index (κ2) is 6.72. The van der Waals surface area contributed by atoms with Crippen molar-refractivity contribution in [3.05, 3.63) is 24.3 Å². The Balaban J connectivity index is 2.62. The number of nitrogens with zero attached hydrogens (tertiary/aromatic N) is 1. The summed E-state index contributed by atoms with van der Waals surface area (Å²) >= 11 is 0. The van der Waals surface area contributed by atoms with Crippen LogP contribution < -0.4 is 10.0 Å². The Hall–Kier alpha value is -1.11. The molecular weight excluding hydrogens is 250 g/mol. The van der Waals surface area contributed by atoms with Gasteiger partial charge in [-0.3, -0.25) is 0 Å². The van der Waals surface area contributed by atoms with E-state index in [1.807, 2.05) is 18.9 Å². The molecule has 6 heteroatoms. The molecule has 0 fully saturated rings. The van der Waals surface area contributed by atoms with Crippen molar-refractivity contribution < 1.29 is 8.42 Å². The van der Waals surface area contributed by atoms with Crippen molar-refractivity contribution in [2.45, 2.75) is 11.8 Å². The summed E-state index contributed by atoms with van der Waals surface area (Å²) in [6.45, 7) is 4.05. The Kier molecular flexibility index (Phi) is 5.58. The molecule has 0 unspecified atom stereocenters. The molecule has 5 nitrogen and oxygen atoms in total. The highest BCUT2D eigenvalue weighted by molar-refractivity contribution is 7.89. The van der Waals surface area contributed by atoms with Crippen molar-refractivity contribution in [3.8, 4) is 0 Å². The van der Waals surface area contributed by atoms with Crippen molar-refractivity contribution >= 4 is 15.7 Å². The first kappa shape index (κ1) is 14.9. The molecule has 0 amide bonds. The molecule has 1 aromatic rings. The van der Waals surface area contributed by atoms with Gasteiger partial charge in [0.2, 0.25) is 10.0 Å².